The molecule has 1 aromatic carbocycles. The number of carbonyl (C=O) groups is 1. The van der Waals surface area contributed by atoms with Crippen molar-refractivity contribution >= 4 is 35.9 Å². The van der Waals surface area contributed by atoms with Crippen molar-refractivity contribution in [1.29, 1.82) is 0 Å². The number of carbonyl (C=O) groups excluding carboxylic acids is 1. The number of rotatable bonds is 14. The van der Waals surface area contributed by atoms with Gasteiger partial charge in [-0.2, -0.15) is 0 Å². The van der Waals surface area contributed by atoms with Crippen molar-refractivity contribution in [1.82, 2.24) is 10.6 Å². The van der Waals surface area contributed by atoms with Gasteiger partial charge in [0, 0.05) is 52.3 Å². The van der Waals surface area contributed by atoms with Gasteiger partial charge in [-0.25, -0.2) is 0 Å². The molecular weight excluding hydrogens is 497 g/mol. The van der Waals surface area contributed by atoms with Crippen molar-refractivity contribution < 1.29 is 19.0 Å². The first-order valence-corrected chi connectivity index (χ1v) is 10.3. The molecule has 0 atom stereocenters. The lowest BCUT2D eigenvalue weighted by molar-refractivity contribution is -0.140. The second-order valence-corrected chi connectivity index (χ2v) is 6.90. The smallest absolute Gasteiger partial charge is 0.305 e. The third kappa shape index (κ3) is 12.9. The van der Waals surface area contributed by atoms with E-state index in [4.69, 9.17) is 9.47 Å². The van der Waals surface area contributed by atoms with Gasteiger partial charge < -0.3 is 24.8 Å². The molecule has 0 fully saturated rings. The average molecular weight is 535 g/mol. The van der Waals surface area contributed by atoms with E-state index in [0.29, 0.717) is 26.2 Å². The number of ether oxygens (including phenoxy) is 3. The predicted octanol–water partition coefficient (Wildman–Crippen LogP) is 3.82. The monoisotopic (exact) mass is 535 g/mol. The summed E-state index contributed by atoms with van der Waals surface area (Å²) in [6, 6.07) is 6.24. The summed E-state index contributed by atoms with van der Waals surface area (Å²) >= 11 is 0. The lowest BCUT2D eigenvalue weighted by atomic mass is 10.1. The summed E-state index contributed by atoms with van der Waals surface area (Å²) in [5.74, 6) is 1.53. The zero-order valence-corrected chi connectivity index (χ0v) is 21.1. The van der Waals surface area contributed by atoms with E-state index in [9.17, 15) is 4.79 Å². The van der Waals surface area contributed by atoms with Crippen molar-refractivity contribution in [2.75, 3.05) is 41.0 Å². The summed E-state index contributed by atoms with van der Waals surface area (Å²) in [6.07, 6.45) is 5.36. The Labute approximate surface area is 198 Å². The minimum absolute atomic E-state index is 0. The van der Waals surface area contributed by atoms with Crippen molar-refractivity contribution in [3.63, 3.8) is 0 Å². The van der Waals surface area contributed by atoms with Gasteiger partial charge >= 0.3 is 5.97 Å². The maximum Gasteiger partial charge on any atom is 0.305 e. The summed E-state index contributed by atoms with van der Waals surface area (Å²) in [4.78, 5) is 15.4. The predicted molar refractivity (Wildman–Crippen MR) is 132 cm³/mol. The van der Waals surface area contributed by atoms with Gasteiger partial charge in [-0.15, -0.1) is 24.0 Å². The standard InChI is InChI=1S/C22H37N3O4.HI/c1-18-11-12-19(20(16-18)29-15-9-14-27-3)17-25-22(23-2)24-13-8-6-5-7-10-21(26)28-4;/h11-12,16H,5-10,13-15,17H2,1-4H3,(H2,23,24,25);1H. The van der Waals surface area contributed by atoms with Gasteiger partial charge in [-0.05, 0) is 31.4 Å². The molecule has 0 bridgehead atoms. The van der Waals surface area contributed by atoms with E-state index in [1.165, 1.54) is 12.7 Å². The third-order valence-corrected chi connectivity index (χ3v) is 4.47. The number of nitrogens with zero attached hydrogens (tertiary/aromatic N) is 1. The number of hydrogen-bond donors (Lipinski definition) is 2. The Morgan fingerprint density at radius 3 is 2.50 bits per heavy atom. The number of halogens is 1. The van der Waals surface area contributed by atoms with Gasteiger partial charge in [0.2, 0.25) is 0 Å². The summed E-state index contributed by atoms with van der Waals surface area (Å²) < 4.78 is 15.7. The van der Waals surface area contributed by atoms with Crippen LogP contribution in [0.5, 0.6) is 5.75 Å². The van der Waals surface area contributed by atoms with Crippen LogP contribution >= 0.6 is 24.0 Å². The fraction of sp³-hybridized carbons (Fsp3) is 0.636. The number of aryl methyl sites for hydroxylation is 1. The fourth-order valence-corrected chi connectivity index (χ4v) is 2.78. The maximum absolute atomic E-state index is 11.1. The lowest BCUT2D eigenvalue weighted by Gasteiger charge is -2.15. The van der Waals surface area contributed by atoms with Gasteiger partial charge in [-0.1, -0.05) is 25.0 Å². The van der Waals surface area contributed by atoms with E-state index in [0.717, 1.165) is 55.9 Å². The van der Waals surface area contributed by atoms with E-state index in [1.54, 1.807) is 14.2 Å². The summed E-state index contributed by atoms with van der Waals surface area (Å²) in [5.41, 5.74) is 2.27. The molecule has 1 rings (SSSR count). The van der Waals surface area contributed by atoms with Gasteiger partial charge in [0.25, 0.3) is 0 Å². The highest BCUT2D eigenvalue weighted by molar-refractivity contribution is 14.0. The highest BCUT2D eigenvalue weighted by Gasteiger charge is 2.06. The highest BCUT2D eigenvalue weighted by atomic mass is 127. The number of esters is 1. The molecule has 0 spiro atoms. The number of aliphatic imine (C=N–C) groups is 1. The number of unbranched alkanes of at least 4 members (excludes halogenated alkanes) is 3. The molecule has 0 unspecified atom stereocenters. The lowest BCUT2D eigenvalue weighted by Crippen LogP contribution is -2.37. The fourth-order valence-electron chi connectivity index (χ4n) is 2.78. The number of guanidine groups is 1. The summed E-state index contributed by atoms with van der Waals surface area (Å²) in [7, 11) is 4.89. The van der Waals surface area contributed by atoms with Crippen LogP contribution in [0, 0.1) is 6.92 Å². The molecule has 0 aliphatic rings. The number of methoxy groups -OCH3 is 2. The Hall–Kier alpha value is -1.55. The Kier molecular flexibility index (Phi) is 17.3. The van der Waals surface area contributed by atoms with Gasteiger partial charge in [0.15, 0.2) is 5.96 Å². The molecule has 0 heterocycles. The molecule has 0 radical (unpaired) electrons. The number of benzene rings is 1. The van der Waals surface area contributed by atoms with Crippen LogP contribution in [0.1, 0.15) is 49.7 Å². The number of nitrogens with one attached hydrogen (secondary N) is 2. The van der Waals surface area contributed by atoms with Crippen LogP contribution in [0.4, 0.5) is 0 Å². The molecule has 7 nitrogen and oxygen atoms in total. The van der Waals surface area contributed by atoms with E-state index in [2.05, 4.69) is 45.5 Å². The molecule has 1 aromatic rings. The van der Waals surface area contributed by atoms with Crippen LogP contribution < -0.4 is 15.4 Å². The Balaban J connectivity index is 0.00000841. The van der Waals surface area contributed by atoms with Crippen molar-refractivity contribution in [3.05, 3.63) is 29.3 Å². The molecule has 8 heteroatoms. The van der Waals surface area contributed by atoms with Crippen molar-refractivity contribution in [3.8, 4) is 5.75 Å². The molecule has 2 N–H and O–H groups in total. The molecule has 0 aliphatic carbocycles. The Morgan fingerprint density at radius 2 is 1.80 bits per heavy atom. The Bertz CT molecular complexity index is 626. The topological polar surface area (TPSA) is 81.2 Å². The van der Waals surface area contributed by atoms with Crippen LogP contribution in [-0.4, -0.2) is 53.0 Å². The van der Waals surface area contributed by atoms with E-state index in [-0.39, 0.29) is 29.9 Å². The molecule has 0 amide bonds. The van der Waals surface area contributed by atoms with E-state index >= 15 is 0 Å². The largest absolute Gasteiger partial charge is 0.493 e. The number of hydrogen-bond acceptors (Lipinski definition) is 5. The molecular formula is C22H38IN3O4. The highest BCUT2D eigenvalue weighted by Crippen LogP contribution is 2.20. The van der Waals surface area contributed by atoms with Gasteiger partial charge in [0.1, 0.15) is 5.75 Å². The zero-order valence-electron chi connectivity index (χ0n) is 18.8. The van der Waals surface area contributed by atoms with E-state index in [1.807, 2.05) is 0 Å². The zero-order chi connectivity index (χ0) is 21.3. The second kappa shape index (κ2) is 18.2. The minimum atomic E-state index is -0.133. The minimum Gasteiger partial charge on any atom is -0.493 e. The average Bonchev–Trinajstić information content (AvgIpc) is 2.73. The third-order valence-electron chi connectivity index (χ3n) is 4.47. The quantitative estimate of drug-likeness (QED) is 0.124. The molecule has 172 valence electrons. The Morgan fingerprint density at radius 1 is 1.03 bits per heavy atom. The first-order valence-electron chi connectivity index (χ1n) is 10.3. The molecule has 30 heavy (non-hydrogen) atoms. The summed E-state index contributed by atoms with van der Waals surface area (Å²) in [5, 5.41) is 6.68. The SMILES string of the molecule is CN=C(NCCCCCCC(=O)OC)NCc1ccc(C)cc1OCCCOC.I. The molecule has 0 aromatic heterocycles. The first kappa shape index (κ1) is 28.5. The van der Waals surface area contributed by atoms with Crippen molar-refractivity contribution in [2.24, 2.45) is 4.99 Å². The normalized spacial score (nSPS) is 10.9. The second-order valence-electron chi connectivity index (χ2n) is 6.90. The van der Waals surface area contributed by atoms with Crippen LogP contribution in [-0.2, 0) is 20.8 Å². The molecule has 0 aliphatic heterocycles. The molecule has 0 saturated carbocycles. The van der Waals surface area contributed by atoms with Crippen LogP contribution in [0.3, 0.4) is 0 Å². The first-order chi connectivity index (χ1) is 14.1. The van der Waals surface area contributed by atoms with Gasteiger partial charge in [0.05, 0.1) is 13.7 Å². The van der Waals surface area contributed by atoms with Crippen LogP contribution in [0.15, 0.2) is 23.2 Å². The molecule has 0 saturated heterocycles. The van der Waals surface area contributed by atoms with Crippen LogP contribution in [0.25, 0.3) is 0 Å². The van der Waals surface area contributed by atoms with Crippen molar-refractivity contribution in [2.45, 2.75) is 52.0 Å². The van der Waals surface area contributed by atoms with Gasteiger partial charge in [-0.3, -0.25) is 9.79 Å². The summed E-state index contributed by atoms with van der Waals surface area (Å²) in [6.45, 7) is 4.86. The van der Waals surface area contributed by atoms with E-state index < -0.39 is 0 Å². The van der Waals surface area contributed by atoms with Crippen LogP contribution in [0.2, 0.25) is 0 Å². The maximum atomic E-state index is 11.1.